The van der Waals surface area contributed by atoms with E-state index in [2.05, 4.69) is 32.3 Å². The molecule has 1 spiro atoms. The molecule has 8 nitrogen and oxygen atoms in total. The summed E-state index contributed by atoms with van der Waals surface area (Å²) in [6, 6.07) is 7.09. The van der Waals surface area contributed by atoms with E-state index in [1.807, 2.05) is 24.3 Å². The number of β-amino-alcohol motifs (C(OH)–C–C–N with tert-alkyl or cyclic N) is 1. The zero-order chi connectivity index (χ0) is 26.9. The van der Waals surface area contributed by atoms with Crippen LogP contribution in [0.1, 0.15) is 34.1 Å². The largest absolute Gasteiger partial charge is 0.466 e. The fourth-order valence-electron chi connectivity index (χ4n) is 6.69. The number of esters is 1. The predicted molar refractivity (Wildman–Crippen MR) is 147 cm³/mol. The first kappa shape index (κ1) is 27.5. The Morgan fingerprint density at radius 3 is 2.43 bits per heavy atom. The molecule has 37 heavy (non-hydrogen) atoms. The van der Waals surface area contributed by atoms with Crippen LogP contribution >= 0.6 is 11.8 Å². The topological polar surface area (TPSA) is 90.4 Å². The smallest absolute Gasteiger partial charge is 0.310 e. The van der Waals surface area contributed by atoms with E-state index < -0.39 is 22.6 Å². The fraction of sp³-hybridized carbons (Fsp3) is 0.607. The molecule has 3 aliphatic heterocycles. The second kappa shape index (κ2) is 11.1. The molecule has 9 heteroatoms. The number of aliphatic hydroxyl groups excluding tert-OH is 1. The van der Waals surface area contributed by atoms with Gasteiger partial charge in [-0.05, 0) is 57.4 Å². The fourth-order valence-corrected chi connectivity index (χ4v) is 9.09. The maximum absolute atomic E-state index is 14.4. The summed E-state index contributed by atoms with van der Waals surface area (Å²) in [5.74, 6) is -1.96. The minimum atomic E-state index is -0.788. The van der Waals surface area contributed by atoms with Crippen LogP contribution in [0.4, 0.5) is 11.4 Å². The molecule has 0 aromatic heterocycles. The van der Waals surface area contributed by atoms with Crippen molar-refractivity contribution in [2.75, 3.05) is 49.2 Å². The second-order valence-electron chi connectivity index (χ2n) is 9.99. The van der Waals surface area contributed by atoms with Gasteiger partial charge in [-0.15, -0.1) is 18.3 Å². The monoisotopic (exact) mass is 529 g/mol. The first-order valence-corrected chi connectivity index (χ1v) is 14.2. The Balaban J connectivity index is 1.74. The van der Waals surface area contributed by atoms with Crippen LogP contribution in [0.25, 0.3) is 0 Å². The van der Waals surface area contributed by atoms with E-state index >= 15 is 0 Å². The maximum Gasteiger partial charge on any atom is 0.310 e. The summed E-state index contributed by atoms with van der Waals surface area (Å²) >= 11 is 1.61. The number of hydrogen-bond acceptors (Lipinski definition) is 7. The van der Waals surface area contributed by atoms with E-state index in [1.54, 1.807) is 29.7 Å². The summed E-state index contributed by atoms with van der Waals surface area (Å²) in [4.78, 5) is 46.7. The van der Waals surface area contributed by atoms with Gasteiger partial charge in [0.25, 0.3) is 5.91 Å². The minimum absolute atomic E-state index is 0.0454. The Morgan fingerprint density at radius 2 is 1.86 bits per heavy atom. The molecule has 2 amide bonds. The van der Waals surface area contributed by atoms with Crippen molar-refractivity contribution in [3.63, 3.8) is 0 Å². The number of nitrogens with zero attached hydrogens (tertiary/aromatic N) is 3. The highest BCUT2D eigenvalue weighted by molar-refractivity contribution is 8.02. The number of carbonyl (C=O) groups is 3. The Kier molecular flexibility index (Phi) is 8.23. The number of anilines is 2. The highest BCUT2D eigenvalue weighted by Crippen LogP contribution is 2.68. The summed E-state index contributed by atoms with van der Waals surface area (Å²) in [6.07, 6.45) is 2.43. The Hall–Kier alpha value is -2.52. The Morgan fingerprint density at radius 1 is 1.22 bits per heavy atom. The molecule has 3 heterocycles. The molecule has 4 rings (SSSR count). The van der Waals surface area contributed by atoms with Crippen molar-refractivity contribution in [2.24, 2.45) is 17.8 Å². The van der Waals surface area contributed by atoms with Crippen molar-refractivity contribution in [1.29, 1.82) is 0 Å². The van der Waals surface area contributed by atoms with Gasteiger partial charge in [0.15, 0.2) is 0 Å². The first-order chi connectivity index (χ1) is 17.8. The number of carbonyl (C=O) groups excluding carboxylic acids is 3. The number of aliphatic hydroxyl groups is 1. The lowest BCUT2D eigenvalue weighted by molar-refractivity contribution is -0.154. The van der Waals surface area contributed by atoms with E-state index in [0.29, 0.717) is 0 Å². The lowest BCUT2D eigenvalue weighted by Crippen LogP contribution is -2.57. The van der Waals surface area contributed by atoms with Crippen molar-refractivity contribution in [2.45, 2.75) is 50.2 Å². The standard InChI is InChI=1S/C28H39N3O5S/c1-6-14-30(20-12-10-19(11-13-20)29(7-2)8-3)26(34)24-28-18(5)17-21(37-28)22(27(35)36-9-4)23(28)25(33)31(24)15-16-32/h6,10-13,18,21-24,32H,1,7-9,14-17H2,2-5H3/t18?,21-,22+,23-,24?,28?/m0/s1. The van der Waals surface area contributed by atoms with Gasteiger partial charge in [-0.1, -0.05) is 13.0 Å². The summed E-state index contributed by atoms with van der Waals surface area (Å²) in [6.45, 7) is 14.0. The van der Waals surface area contributed by atoms with Crippen molar-refractivity contribution >= 4 is 40.9 Å². The highest BCUT2D eigenvalue weighted by atomic mass is 32.2. The van der Waals surface area contributed by atoms with Gasteiger partial charge >= 0.3 is 5.97 Å². The summed E-state index contributed by atoms with van der Waals surface area (Å²) in [5.41, 5.74) is 1.80. The van der Waals surface area contributed by atoms with E-state index in [4.69, 9.17) is 4.74 Å². The van der Waals surface area contributed by atoms with Crippen molar-refractivity contribution in [3.05, 3.63) is 36.9 Å². The summed E-state index contributed by atoms with van der Waals surface area (Å²) in [7, 11) is 0. The second-order valence-corrected chi connectivity index (χ2v) is 11.5. The lowest BCUT2D eigenvalue weighted by atomic mass is 9.66. The molecule has 3 saturated heterocycles. The quantitative estimate of drug-likeness (QED) is 0.348. The van der Waals surface area contributed by atoms with Crippen molar-refractivity contribution in [1.82, 2.24) is 4.90 Å². The highest BCUT2D eigenvalue weighted by Gasteiger charge is 2.76. The summed E-state index contributed by atoms with van der Waals surface area (Å²) < 4.78 is 4.63. The average Bonchev–Trinajstić information content (AvgIpc) is 3.48. The van der Waals surface area contributed by atoms with Crippen LogP contribution in [0, 0.1) is 17.8 Å². The molecule has 0 aliphatic carbocycles. The number of likely N-dealkylation sites (tertiary alicyclic amines) is 1. The van der Waals surface area contributed by atoms with Gasteiger partial charge in [0, 0.05) is 42.8 Å². The molecule has 6 atom stereocenters. The van der Waals surface area contributed by atoms with Gasteiger partial charge in [-0.25, -0.2) is 0 Å². The van der Waals surface area contributed by atoms with Crippen LogP contribution in [0.5, 0.6) is 0 Å². The number of fused-ring (bicyclic) bond motifs is 1. The molecule has 1 aromatic carbocycles. The normalized spacial score (nSPS) is 29.8. The Bertz CT molecular complexity index is 1030. The maximum atomic E-state index is 14.4. The molecule has 1 N–H and O–H groups in total. The number of thioether (sulfide) groups is 1. The third kappa shape index (κ3) is 4.34. The lowest BCUT2D eigenvalue weighted by Gasteiger charge is -2.40. The third-order valence-corrected chi connectivity index (χ3v) is 10.3. The van der Waals surface area contributed by atoms with Gasteiger partial charge < -0.3 is 24.5 Å². The van der Waals surface area contributed by atoms with E-state index in [0.717, 1.165) is 30.9 Å². The molecule has 3 fully saturated rings. The van der Waals surface area contributed by atoms with Crippen LogP contribution in [0.3, 0.4) is 0 Å². The number of amides is 2. The number of ether oxygens (including phenoxy) is 1. The minimum Gasteiger partial charge on any atom is -0.466 e. The van der Waals surface area contributed by atoms with Gasteiger partial charge in [0.2, 0.25) is 5.91 Å². The first-order valence-electron chi connectivity index (χ1n) is 13.3. The predicted octanol–water partition coefficient (Wildman–Crippen LogP) is 2.94. The Labute approximate surface area is 224 Å². The van der Waals surface area contributed by atoms with Crippen LogP contribution in [0.15, 0.2) is 36.9 Å². The number of hydrogen-bond donors (Lipinski definition) is 1. The molecule has 202 valence electrons. The molecule has 0 radical (unpaired) electrons. The van der Waals surface area contributed by atoms with Crippen LogP contribution < -0.4 is 9.80 Å². The molecule has 2 bridgehead atoms. The average molecular weight is 530 g/mol. The zero-order valence-corrected chi connectivity index (χ0v) is 23.1. The zero-order valence-electron chi connectivity index (χ0n) is 22.3. The van der Waals surface area contributed by atoms with Crippen LogP contribution in [0.2, 0.25) is 0 Å². The van der Waals surface area contributed by atoms with Crippen molar-refractivity contribution < 1.29 is 24.2 Å². The van der Waals surface area contributed by atoms with E-state index in [1.165, 1.54) is 4.90 Å². The summed E-state index contributed by atoms with van der Waals surface area (Å²) in [5, 5.41) is 9.79. The molecule has 3 unspecified atom stereocenters. The van der Waals surface area contributed by atoms with Gasteiger partial charge in [0.1, 0.15) is 6.04 Å². The molecule has 3 aliphatic rings. The molecule has 1 aromatic rings. The van der Waals surface area contributed by atoms with E-state index in [9.17, 15) is 19.5 Å². The van der Waals surface area contributed by atoms with Gasteiger partial charge in [-0.2, -0.15) is 0 Å². The SMILES string of the molecule is C=CCN(C(=O)C1N(CCO)C(=O)[C@@H]2[C@H](C(=O)OCC)[C@@H]3CC(C)C12S3)c1ccc(N(CC)CC)cc1. The third-order valence-electron chi connectivity index (χ3n) is 8.25. The van der Waals surface area contributed by atoms with Gasteiger partial charge in [0.05, 0.1) is 29.8 Å². The van der Waals surface area contributed by atoms with Crippen LogP contribution in [-0.2, 0) is 19.1 Å². The van der Waals surface area contributed by atoms with Crippen LogP contribution in [-0.4, -0.2) is 83.2 Å². The molecular formula is C28H39N3O5S. The number of rotatable bonds is 11. The van der Waals surface area contributed by atoms with Gasteiger partial charge in [-0.3, -0.25) is 14.4 Å². The van der Waals surface area contributed by atoms with Crippen molar-refractivity contribution in [3.8, 4) is 0 Å². The van der Waals surface area contributed by atoms with E-state index in [-0.39, 0.29) is 55.3 Å². The number of benzene rings is 1. The molecule has 0 saturated carbocycles. The molecular weight excluding hydrogens is 490 g/mol.